The molecule has 0 radical (unpaired) electrons. The molecule has 2 aliphatic carbocycles. The maximum atomic E-state index is 15.2. The van der Waals surface area contributed by atoms with Gasteiger partial charge in [-0.25, -0.2) is 9.18 Å². The van der Waals surface area contributed by atoms with E-state index in [4.69, 9.17) is 0 Å². The highest BCUT2D eigenvalue weighted by atomic mass is 19.4. The molecule has 2 fully saturated rings. The number of alkyl halides is 3. The van der Waals surface area contributed by atoms with Crippen LogP contribution in [0.5, 0.6) is 0 Å². The molecular formula is C29H35F4N5O5. The molecule has 3 amide bonds. The summed E-state index contributed by atoms with van der Waals surface area (Å²) in [6.45, 7) is 4.99. The summed E-state index contributed by atoms with van der Waals surface area (Å²) in [6, 6.07) is 1.06. The predicted octanol–water partition coefficient (Wildman–Crippen LogP) is 4.10. The Labute approximate surface area is 245 Å². The number of esters is 1. The van der Waals surface area contributed by atoms with Crippen molar-refractivity contribution in [2.75, 3.05) is 12.4 Å². The number of benzene rings is 1. The van der Waals surface area contributed by atoms with Crippen molar-refractivity contribution in [3.63, 3.8) is 0 Å². The molecule has 3 N–H and O–H groups in total. The molecule has 3 atom stereocenters. The van der Waals surface area contributed by atoms with Gasteiger partial charge in [0.1, 0.15) is 17.6 Å². The average Bonchev–Trinajstić information content (AvgIpc) is 3.89. The third-order valence-corrected chi connectivity index (χ3v) is 7.87. The molecule has 10 nitrogen and oxygen atoms in total. The van der Waals surface area contributed by atoms with Crippen LogP contribution in [0.3, 0.4) is 0 Å². The van der Waals surface area contributed by atoms with Gasteiger partial charge in [-0.2, -0.15) is 18.3 Å². The van der Waals surface area contributed by atoms with Crippen LogP contribution in [0, 0.1) is 23.6 Å². The molecule has 0 spiro atoms. The Kier molecular flexibility index (Phi) is 9.45. The number of aromatic nitrogens is 2. The fourth-order valence-electron chi connectivity index (χ4n) is 5.27. The topological polar surface area (TPSA) is 131 Å². The first kappa shape index (κ1) is 32.0. The van der Waals surface area contributed by atoms with Crippen LogP contribution in [-0.4, -0.2) is 58.8 Å². The largest absolute Gasteiger partial charge is 0.467 e. The molecule has 2 aliphatic rings. The third kappa shape index (κ3) is 7.52. The minimum absolute atomic E-state index is 0.0134. The number of hydrogen-bond donors (Lipinski definition) is 3. The average molecular weight is 610 g/mol. The Morgan fingerprint density at radius 2 is 1.60 bits per heavy atom. The number of carbonyl (C=O) groups is 4. The highest BCUT2D eigenvalue weighted by Crippen LogP contribution is 2.51. The van der Waals surface area contributed by atoms with E-state index in [1.54, 1.807) is 16.1 Å². The van der Waals surface area contributed by atoms with E-state index < -0.39 is 53.7 Å². The maximum absolute atomic E-state index is 15.2. The van der Waals surface area contributed by atoms with Gasteiger partial charge in [-0.15, -0.1) is 0 Å². The number of ether oxygens (including phenoxy) is 1. The second kappa shape index (κ2) is 12.7. The number of carbonyl (C=O) groups excluding carboxylic acids is 4. The number of anilines is 1. The van der Waals surface area contributed by atoms with Crippen LogP contribution in [-0.2, 0) is 19.1 Å². The van der Waals surface area contributed by atoms with E-state index in [0.717, 1.165) is 38.9 Å². The Hall–Kier alpha value is -3.97. The van der Waals surface area contributed by atoms with Crippen LogP contribution in [0.4, 0.5) is 23.2 Å². The summed E-state index contributed by atoms with van der Waals surface area (Å²) in [6.07, 6.45) is 0.122. The summed E-state index contributed by atoms with van der Waals surface area (Å²) in [5.41, 5.74) is 0.0845. The highest BCUT2D eigenvalue weighted by Gasteiger charge is 2.49. The normalized spacial score (nSPS) is 17.3. The van der Waals surface area contributed by atoms with E-state index in [1.807, 2.05) is 13.8 Å². The Morgan fingerprint density at radius 1 is 0.977 bits per heavy atom. The van der Waals surface area contributed by atoms with Crippen LogP contribution in [0.15, 0.2) is 30.5 Å². The van der Waals surface area contributed by atoms with E-state index in [2.05, 4.69) is 20.5 Å². The van der Waals surface area contributed by atoms with Crippen molar-refractivity contribution in [3.8, 4) is 0 Å². The molecule has 1 aromatic carbocycles. The molecule has 43 heavy (non-hydrogen) atoms. The third-order valence-electron chi connectivity index (χ3n) is 7.87. The first-order valence-electron chi connectivity index (χ1n) is 14.1. The lowest BCUT2D eigenvalue weighted by atomic mass is 9.88. The van der Waals surface area contributed by atoms with Crippen LogP contribution in [0.2, 0.25) is 0 Å². The van der Waals surface area contributed by atoms with Gasteiger partial charge in [0.25, 0.3) is 5.91 Å². The fourth-order valence-corrected chi connectivity index (χ4v) is 5.27. The number of hydrogen-bond acceptors (Lipinski definition) is 6. The fraction of sp³-hybridized carbons (Fsp3) is 0.552. The standard InChI is InChI=1S/C29H35F4N5O5/c1-14(2)38-21(11-12-34-38)26(40)36-23(22(16-5-6-16)17-7-8-17)27(41)35-20-10-9-18(13-19(20)30)15(3)25(39)37-24(28(42)43-4)29(31,32)33/h9-17,22-24H,5-8H2,1-4H3,(H,35,41)(H,36,40)(H,37,39)/t15-,23-,24?/m0/s1. The van der Waals surface area contributed by atoms with Gasteiger partial charge >= 0.3 is 12.1 Å². The van der Waals surface area contributed by atoms with Crippen molar-refractivity contribution in [1.82, 2.24) is 20.4 Å². The lowest BCUT2D eigenvalue weighted by molar-refractivity contribution is -0.184. The zero-order valence-electron chi connectivity index (χ0n) is 24.2. The van der Waals surface area contributed by atoms with Crippen LogP contribution in [0.25, 0.3) is 0 Å². The maximum Gasteiger partial charge on any atom is 0.419 e. The number of methoxy groups -OCH3 is 1. The van der Waals surface area contributed by atoms with Crippen molar-refractivity contribution in [3.05, 3.63) is 47.5 Å². The number of halogens is 4. The molecule has 234 valence electrons. The van der Waals surface area contributed by atoms with Crippen LogP contribution >= 0.6 is 0 Å². The molecule has 0 aliphatic heterocycles. The van der Waals surface area contributed by atoms with Gasteiger partial charge < -0.3 is 20.7 Å². The van der Waals surface area contributed by atoms with Crippen LogP contribution < -0.4 is 16.0 Å². The Morgan fingerprint density at radius 3 is 2.12 bits per heavy atom. The summed E-state index contributed by atoms with van der Waals surface area (Å²) < 4.78 is 60.5. The number of nitrogens with zero attached hydrogens (tertiary/aromatic N) is 2. The Balaban J connectivity index is 1.51. The number of rotatable bonds is 12. The van der Waals surface area contributed by atoms with Gasteiger partial charge in [-0.1, -0.05) is 6.07 Å². The minimum Gasteiger partial charge on any atom is -0.467 e. The van der Waals surface area contributed by atoms with Gasteiger partial charge in [-0.3, -0.25) is 19.1 Å². The van der Waals surface area contributed by atoms with Crippen molar-refractivity contribution < 1.29 is 41.5 Å². The molecule has 4 rings (SSSR count). The number of nitrogens with one attached hydrogen (secondary N) is 3. The highest BCUT2D eigenvalue weighted by molar-refractivity contribution is 6.01. The molecule has 1 unspecified atom stereocenters. The van der Waals surface area contributed by atoms with Crippen molar-refractivity contribution in [1.29, 1.82) is 0 Å². The van der Waals surface area contributed by atoms with Gasteiger partial charge in [0, 0.05) is 12.2 Å². The number of amides is 3. The monoisotopic (exact) mass is 609 g/mol. The first-order chi connectivity index (χ1) is 20.2. The molecule has 2 aromatic rings. The summed E-state index contributed by atoms with van der Waals surface area (Å²) >= 11 is 0. The predicted molar refractivity (Wildman–Crippen MR) is 146 cm³/mol. The lowest BCUT2D eigenvalue weighted by Crippen LogP contribution is -2.52. The SMILES string of the molecule is COC(=O)C(NC(=O)[C@@H](C)c1ccc(NC(=O)[C@@H](NC(=O)c2ccnn2C(C)C)C(C2CC2)C2CC2)c(F)c1)C(F)(F)F. The van der Waals surface area contributed by atoms with Gasteiger partial charge in [0.2, 0.25) is 17.9 Å². The molecule has 0 saturated heterocycles. The van der Waals surface area contributed by atoms with E-state index in [1.165, 1.54) is 25.3 Å². The summed E-state index contributed by atoms with van der Waals surface area (Å²) in [5.74, 6) is -5.75. The van der Waals surface area contributed by atoms with Crippen LogP contribution in [0.1, 0.15) is 74.5 Å². The molecule has 2 saturated carbocycles. The lowest BCUT2D eigenvalue weighted by Gasteiger charge is -2.28. The zero-order chi connectivity index (χ0) is 31.6. The van der Waals surface area contributed by atoms with Gasteiger partial charge in [-0.05, 0) is 88.0 Å². The van der Waals surface area contributed by atoms with Crippen molar-refractivity contribution in [2.45, 2.75) is 76.7 Å². The molecule has 1 heterocycles. The van der Waals surface area contributed by atoms with Crippen molar-refractivity contribution in [2.24, 2.45) is 17.8 Å². The second-order valence-electron chi connectivity index (χ2n) is 11.4. The smallest absolute Gasteiger partial charge is 0.419 e. The molecule has 1 aromatic heterocycles. The molecular weight excluding hydrogens is 574 g/mol. The van der Waals surface area contributed by atoms with E-state index in [-0.39, 0.29) is 35.0 Å². The van der Waals surface area contributed by atoms with E-state index in [9.17, 15) is 32.3 Å². The van der Waals surface area contributed by atoms with E-state index in [0.29, 0.717) is 5.69 Å². The molecule has 14 heteroatoms. The summed E-state index contributed by atoms with van der Waals surface area (Å²) in [5, 5.41) is 11.2. The van der Waals surface area contributed by atoms with E-state index >= 15 is 4.39 Å². The van der Waals surface area contributed by atoms with Gasteiger partial charge in [0.05, 0.1) is 18.7 Å². The van der Waals surface area contributed by atoms with Crippen molar-refractivity contribution >= 4 is 29.4 Å². The molecule has 0 bridgehead atoms. The second-order valence-corrected chi connectivity index (χ2v) is 11.4. The Bertz CT molecular complexity index is 1360. The summed E-state index contributed by atoms with van der Waals surface area (Å²) in [7, 11) is 0.757. The first-order valence-corrected chi connectivity index (χ1v) is 14.1. The minimum atomic E-state index is -5.10. The van der Waals surface area contributed by atoms with Gasteiger partial charge in [0.15, 0.2) is 0 Å². The quantitative estimate of drug-likeness (QED) is 0.245. The summed E-state index contributed by atoms with van der Waals surface area (Å²) in [4.78, 5) is 50.9. The zero-order valence-corrected chi connectivity index (χ0v) is 24.2.